The van der Waals surface area contributed by atoms with Crippen LogP contribution in [0.25, 0.3) is 0 Å². The highest BCUT2D eigenvalue weighted by atomic mass is 32.2. The van der Waals surface area contributed by atoms with E-state index >= 15 is 0 Å². The van der Waals surface area contributed by atoms with E-state index in [0.717, 1.165) is 17.2 Å². The second-order valence-electron chi connectivity index (χ2n) is 4.27. The van der Waals surface area contributed by atoms with Crippen molar-refractivity contribution in [1.29, 1.82) is 0 Å². The quantitative estimate of drug-likeness (QED) is 0.392. The number of thioether (sulfide) groups is 1. The maximum Gasteiger partial charge on any atom is 0.433 e. The third kappa shape index (κ3) is 4.08. The number of alkyl halides is 3. The Kier molecular flexibility index (Phi) is 4.69. The number of aryl methyl sites for hydroxylation is 1. The van der Waals surface area contributed by atoms with Crippen LogP contribution in [-0.4, -0.2) is 9.97 Å². The molecule has 0 atom stereocenters. The highest BCUT2D eigenvalue weighted by Crippen LogP contribution is 2.31. The van der Waals surface area contributed by atoms with Gasteiger partial charge in [0.1, 0.15) is 5.03 Å². The minimum Gasteiger partial charge on any atom is -0.292 e. The van der Waals surface area contributed by atoms with Gasteiger partial charge < -0.3 is 0 Å². The van der Waals surface area contributed by atoms with Crippen molar-refractivity contribution in [2.45, 2.75) is 23.9 Å². The van der Waals surface area contributed by atoms with Crippen molar-refractivity contribution in [1.82, 2.24) is 9.97 Å². The molecule has 2 rings (SSSR count). The lowest BCUT2D eigenvalue weighted by molar-refractivity contribution is -0.141. The number of hydrogen-bond donors (Lipinski definition) is 2. The Balaban J connectivity index is 2.22. The molecule has 112 valence electrons. The average molecular weight is 314 g/mol. The van der Waals surface area contributed by atoms with Crippen LogP contribution in [0.1, 0.15) is 16.8 Å². The number of nitrogens with two attached hydrogens (primary N) is 1. The maximum atomic E-state index is 12.7. The second kappa shape index (κ2) is 6.31. The molecular weight excluding hydrogens is 301 g/mol. The molecule has 2 aromatic rings. The van der Waals surface area contributed by atoms with Gasteiger partial charge in [-0.1, -0.05) is 24.3 Å². The summed E-state index contributed by atoms with van der Waals surface area (Å²) in [6, 6.07) is 8.59. The fourth-order valence-corrected chi connectivity index (χ4v) is 2.61. The molecule has 0 radical (unpaired) electrons. The molecule has 4 nitrogen and oxygen atoms in total. The Morgan fingerprint density at radius 3 is 2.57 bits per heavy atom. The first-order valence-corrected chi connectivity index (χ1v) is 6.99. The van der Waals surface area contributed by atoms with Crippen LogP contribution in [0.15, 0.2) is 35.4 Å². The highest BCUT2D eigenvalue weighted by Gasteiger charge is 2.33. The lowest BCUT2D eigenvalue weighted by atomic mass is 10.1. The van der Waals surface area contributed by atoms with E-state index in [9.17, 15) is 13.2 Å². The van der Waals surface area contributed by atoms with Gasteiger partial charge in [-0.2, -0.15) is 13.2 Å². The fourth-order valence-electron chi connectivity index (χ4n) is 1.63. The summed E-state index contributed by atoms with van der Waals surface area (Å²) in [6.45, 7) is 1.95. The Morgan fingerprint density at radius 2 is 1.95 bits per heavy atom. The van der Waals surface area contributed by atoms with Crippen LogP contribution in [0.3, 0.4) is 0 Å². The van der Waals surface area contributed by atoms with Crippen molar-refractivity contribution in [3.8, 4) is 0 Å². The van der Waals surface area contributed by atoms with Gasteiger partial charge in [-0.25, -0.2) is 15.8 Å². The fraction of sp³-hybridized carbons (Fsp3) is 0.231. The molecule has 0 fully saturated rings. The Hall–Kier alpha value is -1.80. The van der Waals surface area contributed by atoms with Gasteiger partial charge >= 0.3 is 6.18 Å². The minimum atomic E-state index is -4.54. The largest absolute Gasteiger partial charge is 0.433 e. The van der Waals surface area contributed by atoms with E-state index in [1.54, 1.807) is 0 Å². The van der Waals surface area contributed by atoms with E-state index in [1.807, 2.05) is 31.2 Å². The topological polar surface area (TPSA) is 63.8 Å². The van der Waals surface area contributed by atoms with Crippen LogP contribution in [0.2, 0.25) is 0 Å². The normalized spacial score (nSPS) is 11.5. The van der Waals surface area contributed by atoms with E-state index in [4.69, 9.17) is 5.84 Å². The number of halogens is 3. The molecule has 0 aliphatic heterocycles. The maximum absolute atomic E-state index is 12.7. The lowest BCUT2D eigenvalue weighted by Gasteiger charge is -2.10. The predicted octanol–water partition coefficient (Wildman–Crippen LogP) is 3.38. The van der Waals surface area contributed by atoms with Crippen molar-refractivity contribution in [2.75, 3.05) is 5.43 Å². The third-order valence-electron chi connectivity index (χ3n) is 2.76. The minimum absolute atomic E-state index is 0.216. The average Bonchev–Trinajstić information content (AvgIpc) is 2.45. The molecule has 0 unspecified atom stereocenters. The van der Waals surface area contributed by atoms with Crippen LogP contribution < -0.4 is 11.3 Å². The number of hydrazine groups is 1. The van der Waals surface area contributed by atoms with E-state index in [2.05, 4.69) is 15.4 Å². The molecule has 0 amide bonds. The van der Waals surface area contributed by atoms with Crippen molar-refractivity contribution >= 4 is 17.7 Å². The smallest absolute Gasteiger partial charge is 0.292 e. The number of nitrogens with zero attached hydrogens (tertiary/aromatic N) is 2. The van der Waals surface area contributed by atoms with Gasteiger partial charge in [-0.3, -0.25) is 5.43 Å². The molecule has 0 saturated heterocycles. The zero-order chi connectivity index (χ0) is 15.5. The zero-order valence-electron chi connectivity index (χ0n) is 11.1. The first kappa shape index (κ1) is 15.6. The van der Waals surface area contributed by atoms with Gasteiger partial charge in [-0.15, -0.1) is 11.8 Å². The van der Waals surface area contributed by atoms with Gasteiger partial charge in [-0.05, 0) is 18.1 Å². The summed E-state index contributed by atoms with van der Waals surface area (Å²) in [5, 5.41) is 0.216. The van der Waals surface area contributed by atoms with Crippen molar-refractivity contribution in [3.05, 3.63) is 47.2 Å². The molecule has 8 heteroatoms. The van der Waals surface area contributed by atoms with Gasteiger partial charge in [0, 0.05) is 11.8 Å². The van der Waals surface area contributed by atoms with E-state index < -0.39 is 11.9 Å². The van der Waals surface area contributed by atoms with Crippen LogP contribution in [0.5, 0.6) is 0 Å². The number of anilines is 1. The predicted molar refractivity (Wildman–Crippen MR) is 75.6 cm³/mol. The molecule has 1 aromatic carbocycles. The molecular formula is C13H13F3N4S. The summed E-state index contributed by atoms with van der Waals surface area (Å²) < 4.78 is 38.2. The van der Waals surface area contributed by atoms with Crippen LogP contribution in [0, 0.1) is 6.92 Å². The number of rotatable bonds is 4. The number of nitrogens with one attached hydrogen (secondary N) is 1. The summed E-state index contributed by atoms with van der Waals surface area (Å²) in [5.74, 6) is 5.38. The number of nitrogen functional groups attached to an aromatic ring is 1. The number of hydrogen-bond acceptors (Lipinski definition) is 5. The summed E-state index contributed by atoms with van der Waals surface area (Å²) >= 11 is 1.20. The third-order valence-corrected chi connectivity index (χ3v) is 3.72. The van der Waals surface area contributed by atoms with Gasteiger partial charge in [0.2, 0.25) is 5.95 Å². The molecule has 1 aromatic heterocycles. The number of aromatic nitrogens is 2. The summed E-state index contributed by atoms with van der Waals surface area (Å²) in [5.41, 5.74) is 3.15. The summed E-state index contributed by atoms with van der Waals surface area (Å²) in [7, 11) is 0. The Bertz CT molecular complexity index is 631. The zero-order valence-corrected chi connectivity index (χ0v) is 11.9. The van der Waals surface area contributed by atoms with Crippen LogP contribution in [0.4, 0.5) is 19.1 Å². The molecule has 21 heavy (non-hydrogen) atoms. The molecule has 0 spiro atoms. The van der Waals surface area contributed by atoms with Crippen molar-refractivity contribution in [3.63, 3.8) is 0 Å². The van der Waals surface area contributed by atoms with E-state index in [0.29, 0.717) is 5.75 Å². The Labute approximate surface area is 124 Å². The lowest BCUT2D eigenvalue weighted by Crippen LogP contribution is -2.15. The Morgan fingerprint density at radius 1 is 1.24 bits per heavy atom. The van der Waals surface area contributed by atoms with Gasteiger partial charge in [0.15, 0.2) is 5.69 Å². The molecule has 3 N–H and O–H groups in total. The van der Waals surface area contributed by atoms with E-state index in [1.165, 1.54) is 11.8 Å². The van der Waals surface area contributed by atoms with Crippen molar-refractivity contribution < 1.29 is 13.2 Å². The summed E-state index contributed by atoms with van der Waals surface area (Å²) in [4.78, 5) is 7.24. The molecule has 0 aliphatic carbocycles. The van der Waals surface area contributed by atoms with Crippen molar-refractivity contribution in [2.24, 2.45) is 5.84 Å². The first-order chi connectivity index (χ1) is 9.90. The second-order valence-corrected chi connectivity index (χ2v) is 5.27. The highest BCUT2D eigenvalue weighted by molar-refractivity contribution is 7.98. The summed E-state index contributed by atoms with van der Waals surface area (Å²) in [6.07, 6.45) is -4.54. The van der Waals surface area contributed by atoms with Gasteiger partial charge in [0.25, 0.3) is 0 Å². The molecule has 1 heterocycles. The standard InChI is InChI=1S/C13H13F3N4S/c1-8-4-2-3-5-9(8)7-21-11-6-10(13(14,15)16)18-12(19-11)20-17/h2-6H,7,17H2,1H3,(H,18,19,20). The monoisotopic (exact) mass is 314 g/mol. The van der Waals surface area contributed by atoms with Crippen LogP contribution >= 0.6 is 11.8 Å². The van der Waals surface area contributed by atoms with Gasteiger partial charge in [0.05, 0.1) is 0 Å². The number of benzene rings is 1. The first-order valence-electron chi connectivity index (χ1n) is 6.00. The molecule has 0 saturated carbocycles. The molecule has 0 bridgehead atoms. The van der Waals surface area contributed by atoms with Crippen LogP contribution in [-0.2, 0) is 11.9 Å². The van der Waals surface area contributed by atoms with E-state index in [-0.39, 0.29) is 11.0 Å². The SMILES string of the molecule is Cc1ccccc1CSc1cc(C(F)(F)F)nc(NN)n1. The molecule has 0 aliphatic rings.